The number of carbonyl (C=O) groups is 1. The lowest BCUT2D eigenvalue weighted by Crippen LogP contribution is -2.45. The molecule has 1 aliphatic rings. The Morgan fingerprint density at radius 1 is 1.25 bits per heavy atom. The van der Waals surface area contributed by atoms with Crippen molar-refractivity contribution in [3.63, 3.8) is 0 Å². The first-order valence-corrected chi connectivity index (χ1v) is 13.6. The summed E-state index contributed by atoms with van der Waals surface area (Å²) in [7, 11) is 0.342. The molecule has 0 bridgehead atoms. The number of ether oxygens (including phenoxy) is 1. The van der Waals surface area contributed by atoms with Gasteiger partial charge < -0.3 is 14.4 Å². The summed E-state index contributed by atoms with van der Waals surface area (Å²) in [6, 6.07) is 7.30. The van der Waals surface area contributed by atoms with Crippen LogP contribution in [0, 0.1) is 13.8 Å². The SMILES string of the molecule is [2H]C[C@H]1O[C@@H](n2cc(C)c(=O)n(C(=O)c3ccc(C)cc3)c2=O)C[C@H]1OP(C)N(C(C)C)C(C)C.[3H]OC. The molecule has 0 aliphatic carbocycles. The predicted octanol–water partition coefficient (Wildman–Crippen LogP) is 3.68. The molecular formula is C26H40N3O6P. The highest BCUT2D eigenvalue weighted by atomic mass is 31.2. The van der Waals surface area contributed by atoms with Crippen molar-refractivity contribution in [2.24, 2.45) is 0 Å². The molecule has 9 nitrogen and oxygen atoms in total. The van der Waals surface area contributed by atoms with Crippen LogP contribution in [0.2, 0.25) is 0 Å². The van der Waals surface area contributed by atoms with Gasteiger partial charge in [-0.2, -0.15) is 4.57 Å². The van der Waals surface area contributed by atoms with Crippen LogP contribution in [0.1, 0.15) is 70.1 Å². The zero-order valence-electron chi connectivity index (χ0n) is 24.4. The van der Waals surface area contributed by atoms with Crippen molar-refractivity contribution < 1.29 is 20.5 Å². The monoisotopic (exact) mass is 524 g/mol. The van der Waals surface area contributed by atoms with Gasteiger partial charge in [-0.15, -0.1) is 0 Å². The molecule has 200 valence electrons. The first kappa shape index (κ1) is 26.9. The van der Waals surface area contributed by atoms with Crippen molar-refractivity contribution in [2.45, 2.75) is 85.4 Å². The van der Waals surface area contributed by atoms with E-state index in [-0.39, 0.29) is 24.1 Å². The molecule has 1 fully saturated rings. The highest BCUT2D eigenvalue weighted by Crippen LogP contribution is 2.45. The number of nitrogens with zero attached hydrogens (tertiary/aromatic N) is 3. The lowest BCUT2D eigenvalue weighted by atomic mass is 10.1. The van der Waals surface area contributed by atoms with Crippen molar-refractivity contribution in [2.75, 3.05) is 13.8 Å². The van der Waals surface area contributed by atoms with Crippen LogP contribution < -0.4 is 11.2 Å². The summed E-state index contributed by atoms with van der Waals surface area (Å²) in [5.74, 6) is -0.679. The molecule has 1 aliphatic heterocycles. The van der Waals surface area contributed by atoms with Gasteiger partial charge in [0.25, 0.3) is 11.5 Å². The third-order valence-electron chi connectivity index (χ3n) is 5.95. The van der Waals surface area contributed by atoms with Crippen LogP contribution in [0.4, 0.5) is 0 Å². The quantitative estimate of drug-likeness (QED) is 0.551. The number of rotatable bonds is 7. The molecule has 36 heavy (non-hydrogen) atoms. The lowest BCUT2D eigenvalue weighted by molar-refractivity contribution is -0.00690. The van der Waals surface area contributed by atoms with Crippen LogP contribution in [0.3, 0.4) is 0 Å². The summed E-state index contributed by atoms with van der Waals surface area (Å²) in [5.41, 5.74) is 0.0610. The third-order valence-corrected chi connectivity index (χ3v) is 8.10. The van der Waals surface area contributed by atoms with Crippen molar-refractivity contribution in [1.29, 1.82) is 1.43 Å². The zero-order chi connectivity index (χ0) is 28.7. The number of aliphatic hydroxyl groups excluding tert-OH is 1. The molecule has 0 radical (unpaired) electrons. The van der Waals surface area contributed by atoms with Crippen molar-refractivity contribution in [3.05, 3.63) is 68.0 Å². The topological polar surface area (TPSA) is 103 Å². The summed E-state index contributed by atoms with van der Waals surface area (Å²) < 4.78 is 30.4. The van der Waals surface area contributed by atoms with Gasteiger partial charge in [-0.3, -0.25) is 18.8 Å². The summed E-state index contributed by atoms with van der Waals surface area (Å²) in [6.07, 6.45) is 0.131. The van der Waals surface area contributed by atoms with Gasteiger partial charge in [0.15, 0.2) is 0 Å². The predicted molar refractivity (Wildman–Crippen MR) is 143 cm³/mol. The minimum absolute atomic E-state index is 0.0244. The second-order valence-electron chi connectivity index (χ2n) is 9.35. The van der Waals surface area contributed by atoms with E-state index < -0.39 is 37.8 Å². The molecule has 10 heteroatoms. The maximum absolute atomic E-state index is 13.4. The Bertz CT molecular complexity index is 1180. The minimum Gasteiger partial charge on any atom is -0.400 e. The van der Waals surface area contributed by atoms with Gasteiger partial charge in [-0.1, -0.05) is 17.7 Å². The molecule has 2 aromatic rings. The minimum atomic E-state index is -0.950. The van der Waals surface area contributed by atoms with E-state index in [0.29, 0.717) is 23.1 Å². The number of aliphatic hydroxyl groups is 1. The lowest BCUT2D eigenvalue weighted by Gasteiger charge is -2.36. The van der Waals surface area contributed by atoms with Gasteiger partial charge in [-0.25, -0.2) is 4.79 Å². The maximum atomic E-state index is 13.4. The average Bonchev–Trinajstić information content (AvgIpc) is 3.24. The Kier molecular flexibility index (Phi) is 9.62. The van der Waals surface area contributed by atoms with Crippen LogP contribution in [0.15, 0.2) is 40.1 Å². The fourth-order valence-electron chi connectivity index (χ4n) is 4.39. The molecule has 1 aromatic heterocycles. The third kappa shape index (κ3) is 6.58. The van der Waals surface area contributed by atoms with Crippen LogP contribution in [0.5, 0.6) is 0 Å². The number of hydrogen-bond acceptors (Lipinski definition) is 7. The van der Waals surface area contributed by atoms with Crippen molar-refractivity contribution >= 4 is 14.2 Å². The Balaban J connectivity index is 0.00000161. The molecule has 1 unspecified atom stereocenters. The van der Waals surface area contributed by atoms with E-state index in [4.69, 9.17) is 12.1 Å². The number of benzene rings is 1. The molecule has 1 aromatic carbocycles. The average molecular weight is 525 g/mol. The number of aryl methyl sites for hydroxylation is 2. The van der Waals surface area contributed by atoms with Crippen LogP contribution in [-0.4, -0.2) is 64.3 Å². The molecule has 1 saturated heterocycles. The second-order valence-corrected chi connectivity index (χ2v) is 11.0. The van der Waals surface area contributed by atoms with Gasteiger partial charge >= 0.3 is 5.69 Å². The summed E-state index contributed by atoms with van der Waals surface area (Å²) in [6.45, 7) is 14.0. The van der Waals surface area contributed by atoms with E-state index in [9.17, 15) is 14.4 Å². The molecule has 0 saturated carbocycles. The van der Waals surface area contributed by atoms with Crippen molar-refractivity contribution in [1.82, 2.24) is 13.8 Å². The highest BCUT2D eigenvalue weighted by molar-refractivity contribution is 7.49. The fourth-order valence-corrected chi connectivity index (χ4v) is 6.41. The van der Waals surface area contributed by atoms with E-state index in [0.717, 1.165) is 5.56 Å². The molecule has 2 heterocycles. The number of carbonyl (C=O) groups excluding carboxylic acids is 1. The normalized spacial score (nSPS) is 21.2. The van der Waals surface area contributed by atoms with Crippen LogP contribution in [-0.2, 0) is 9.26 Å². The number of aromatic nitrogens is 2. The standard InChI is InChI=1S/C25H36N3O5P.CH4O/c1-15(2)28(16(3)4)34(8)33-21-13-22(32-19(21)7)26-14-18(6)23(29)27(25(26)31)24(30)20-11-9-17(5)10-12-20;1-2/h9-12,14-16,19,21-22H,13H2,1-8H3;2H,1H3/t19-,21-,22-,34?;/m1./s1/i7D;2T. The van der Waals surface area contributed by atoms with Crippen LogP contribution in [0.25, 0.3) is 0 Å². The largest absolute Gasteiger partial charge is 0.400 e. The fraction of sp³-hybridized carbons (Fsp3) is 0.577. The highest BCUT2D eigenvalue weighted by Gasteiger charge is 2.38. The molecule has 4 atom stereocenters. The Morgan fingerprint density at radius 2 is 1.83 bits per heavy atom. The van der Waals surface area contributed by atoms with Gasteiger partial charge in [-0.05, 0) is 67.2 Å². The van der Waals surface area contributed by atoms with E-state index >= 15 is 0 Å². The van der Waals surface area contributed by atoms with Gasteiger partial charge in [0.2, 0.25) is 1.43 Å². The summed E-state index contributed by atoms with van der Waals surface area (Å²) >= 11 is 0. The van der Waals surface area contributed by atoms with Crippen molar-refractivity contribution in [3.8, 4) is 0 Å². The smallest absolute Gasteiger partial charge is 0.340 e. The summed E-state index contributed by atoms with van der Waals surface area (Å²) in [4.78, 5) is 39.3. The van der Waals surface area contributed by atoms with E-state index in [2.05, 4.69) is 37.5 Å². The van der Waals surface area contributed by atoms with E-state index in [1.54, 1.807) is 31.2 Å². The second kappa shape index (κ2) is 12.9. The Morgan fingerprint density at radius 3 is 2.36 bits per heavy atom. The van der Waals surface area contributed by atoms with Gasteiger partial charge in [0, 0.05) is 44.3 Å². The molecule has 3 rings (SSSR count). The van der Waals surface area contributed by atoms with Gasteiger partial charge in [0.05, 0.1) is 12.2 Å². The molecule has 1 N–H and O–H groups in total. The van der Waals surface area contributed by atoms with E-state index in [1.165, 1.54) is 17.9 Å². The zero-order valence-corrected chi connectivity index (χ0v) is 23.3. The maximum Gasteiger partial charge on any atom is 0.340 e. The first-order valence-electron chi connectivity index (χ1n) is 13.1. The molecule has 0 spiro atoms. The Labute approximate surface area is 217 Å². The Hall–Kier alpha value is -2.16. The van der Waals surface area contributed by atoms with Crippen LogP contribution >= 0.6 is 8.30 Å². The van der Waals surface area contributed by atoms with E-state index in [1.807, 2.05) is 13.6 Å². The molecular weight excluding hydrogens is 481 g/mol. The summed E-state index contributed by atoms with van der Waals surface area (Å²) in [5, 5.41) is 3.50. The molecule has 0 amide bonds. The van der Waals surface area contributed by atoms with Gasteiger partial charge in [0.1, 0.15) is 14.5 Å². The first-order chi connectivity index (χ1) is 17.9. The number of hydrogen-bond donors (Lipinski definition) is 1.